The van der Waals surface area contributed by atoms with Gasteiger partial charge in [-0.3, -0.25) is 9.59 Å². The maximum atomic E-state index is 12.8. The zero-order valence-corrected chi connectivity index (χ0v) is 19.0. The number of carbonyl (C=O) groups excluding carboxylic acids is 2. The summed E-state index contributed by atoms with van der Waals surface area (Å²) in [5.74, 6) is -0.0684. The number of hydrogen-bond acceptors (Lipinski definition) is 8. The molecule has 0 saturated carbocycles. The predicted molar refractivity (Wildman–Crippen MR) is 117 cm³/mol. The van der Waals surface area contributed by atoms with Gasteiger partial charge in [-0.25, -0.2) is 0 Å². The predicted octanol–water partition coefficient (Wildman–Crippen LogP) is 4.71. The van der Waals surface area contributed by atoms with Crippen LogP contribution in [0.3, 0.4) is 0 Å². The highest BCUT2D eigenvalue weighted by Gasteiger charge is 2.26. The third-order valence-corrected chi connectivity index (χ3v) is 4.80. The standard InChI is InChI=1S/C20H21Cl2N3O6/c1-10(26)17(25-24-13-8-11(28-2)9-15(30-4)16(13)22)20(27)23-18-12(21)6-7-14(29-3)19(18)31-5/h6-9,17H,1-5H3,(H,23,27). The van der Waals surface area contributed by atoms with E-state index in [-0.39, 0.29) is 27.2 Å². The van der Waals surface area contributed by atoms with Crippen molar-refractivity contribution in [1.82, 2.24) is 0 Å². The average molecular weight is 470 g/mol. The number of carbonyl (C=O) groups is 2. The molecule has 0 fully saturated rings. The fraction of sp³-hybridized carbons (Fsp3) is 0.300. The SMILES string of the molecule is COc1cc(N=NC(C(C)=O)C(=O)Nc2c(Cl)ccc(OC)c2OC)c(Cl)c(OC)c1. The van der Waals surface area contributed by atoms with E-state index in [1.54, 1.807) is 12.1 Å². The number of Topliss-reactive ketones (excluding diaryl/α,β-unsaturated/α-hetero) is 1. The Morgan fingerprint density at radius 1 is 0.968 bits per heavy atom. The highest BCUT2D eigenvalue weighted by Crippen LogP contribution is 2.41. The molecule has 0 bridgehead atoms. The van der Waals surface area contributed by atoms with Gasteiger partial charge in [0.2, 0.25) is 6.04 Å². The first kappa shape index (κ1) is 24.2. The molecule has 0 saturated heterocycles. The van der Waals surface area contributed by atoms with Crippen LogP contribution in [0.5, 0.6) is 23.0 Å². The summed E-state index contributed by atoms with van der Waals surface area (Å²) in [6.07, 6.45) is 0. The number of nitrogens with one attached hydrogen (secondary N) is 1. The highest BCUT2D eigenvalue weighted by molar-refractivity contribution is 6.35. The number of rotatable bonds is 9. The first-order valence-corrected chi connectivity index (χ1v) is 9.57. The Bertz CT molecular complexity index is 1010. The van der Waals surface area contributed by atoms with E-state index in [0.29, 0.717) is 17.2 Å². The lowest BCUT2D eigenvalue weighted by molar-refractivity contribution is -0.126. The van der Waals surface area contributed by atoms with E-state index in [1.807, 2.05) is 0 Å². The van der Waals surface area contributed by atoms with Gasteiger partial charge in [-0.2, -0.15) is 10.2 Å². The molecule has 1 amide bonds. The van der Waals surface area contributed by atoms with E-state index in [9.17, 15) is 9.59 Å². The number of nitrogens with zero attached hydrogens (tertiary/aromatic N) is 2. The van der Waals surface area contributed by atoms with E-state index >= 15 is 0 Å². The average Bonchev–Trinajstić information content (AvgIpc) is 2.75. The molecule has 166 valence electrons. The van der Waals surface area contributed by atoms with Crippen molar-refractivity contribution in [1.29, 1.82) is 0 Å². The Hall–Kier alpha value is -3.04. The number of amides is 1. The van der Waals surface area contributed by atoms with Crippen molar-refractivity contribution >= 4 is 46.3 Å². The molecular formula is C20H21Cl2N3O6. The quantitative estimate of drug-likeness (QED) is 0.420. The Labute approximate surface area is 189 Å². The second-order valence-corrected chi connectivity index (χ2v) is 6.82. The van der Waals surface area contributed by atoms with E-state index in [1.165, 1.54) is 47.5 Å². The van der Waals surface area contributed by atoms with E-state index in [4.69, 9.17) is 42.1 Å². The number of hydrogen-bond donors (Lipinski definition) is 1. The first-order chi connectivity index (χ1) is 14.8. The van der Waals surface area contributed by atoms with Crippen molar-refractivity contribution in [2.24, 2.45) is 10.2 Å². The van der Waals surface area contributed by atoms with Crippen LogP contribution in [0.4, 0.5) is 11.4 Å². The molecule has 0 spiro atoms. The van der Waals surface area contributed by atoms with Crippen molar-refractivity contribution in [2.45, 2.75) is 13.0 Å². The van der Waals surface area contributed by atoms with Gasteiger partial charge in [0.1, 0.15) is 27.9 Å². The third kappa shape index (κ3) is 5.56. The van der Waals surface area contributed by atoms with Crippen LogP contribution < -0.4 is 24.3 Å². The Kier molecular flexibility index (Phi) is 8.47. The molecule has 1 atom stereocenters. The van der Waals surface area contributed by atoms with Crippen LogP contribution in [-0.2, 0) is 9.59 Å². The molecule has 11 heteroatoms. The number of anilines is 1. The smallest absolute Gasteiger partial charge is 0.258 e. The fourth-order valence-corrected chi connectivity index (χ4v) is 2.97. The van der Waals surface area contributed by atoms with Gasteiger partial charge in [0.25, 0.3) is 5.91 Å². The molecule has 2 aromatic carbocycles. The largest absolute Gasteiger partial charge is 0.497 e. The summed E-state index contributed by atoms with van der Waals surface area (Å²) < 4.78 is 20.8. The summed E-state index contributed by atoms with van der Waals surface area (Å²) in [7, 11) is 5.72. The van der Waals surface area contributed by atoms with Crippen molar-refractivity contribution in [3.8, 4) is 23.0 Å². The Morgan fingerprint density at radius 2 is 1.65 bits per heavy atom. The summed E-state index contributed by atoms with van der Waals surface area (Å²) in [6.45, 7) is 1.21. The van der Waals surface area contributed by atoms with Gasteiger partial charge in [-0.15, -0.1) is 0 Å². The zero-order valence-electron chi connectivity index (χ0n) is 17.5. The van der Waals surface area contributed by atoms with Crippen LogP contribution in [-0.4, -0.2) is 46.2 Å². The number of benzene rings is 2. The van der Waals surface area contributed by atoms with Gasteiger partial charge >= 0.3 is 0 Å². The molecule has 0 aliphatic heterocycles. The van der Waals surface area contributed by atoms with Gasteiger partial charge in [0, 0.05) is 12.1 Å². The van der Waals surface area contributed by atoms with E-state index < -0.39 is 17.7 Å². The molecular weight excluding hydrogens is 449 g/mol. The molecule has 0 aromatic heterocycles. The number of ketones is 1. The van der Waals surface area contributed by atoms with Crippen molar-refractivity contribution in [3.05, 3.63) is 34.3 Å². The molecule has 0 aliphatic rings. The topological polar surface area (TPSA) is 108 Å². The van der Waals surface area contributed by atoms with Gasteiger partial charge in [0.05, 0.1) is 33.5 Å². The minimum atomic E-state index is -1.47. The maximum Gasteiger partial charge on any atom is 0.258 e. The van der Waals surface area contributed by atoms with Crippen LogP contribution in [0.1, 0.15) is 6.92 Å². The number of halogens is 2. The monoisotopic (exact) mass is 469 g/mol. The normalized spacial score (nSPS) is 11.7. The molecule has 2 aromatic rings. The summed E-state index contributed by atoms with van der Waals surface area (Å²) in [5, 5.41) is 10.7. The van der Waals surface area contributed by atoms with Gasteiger partial charge < -0.3 is 24.3 Å². The van der Waals surface area contributed by atoms with Crippen molar-refractivity contribution in [3.63, 3.8) is 0 Å². The van der Waals surface area contributed by atoms with Crippen molar-refractivity contribution in [2.75, 3.05) is 33.8 Å². The molecule has 0 heterocycles. The summed E-state index contributed by atoms with van der Waals surface area (Å²) in [6, 6.07) is 4.68. The van der Waals surface area contributed by atoms with E-state index in [0.717, 1.165) is 0 Å². The summed E-state index contributed by atoms with van der Waals surface area (Å²) >= 11 is 12.4. The van der Waals surface area contributed by atoms with E-state index in [2.05, 4.69) is 15.5 Å². The zero-order chi connectivity index (χ0) is 23.1. The number of ether oxygens (including phenoxy) is 4. The van der Waals surface area contributed by atoms with Gasteiger partial charge in [-0.1, -0.05) is 23.2 Å². The second kappa shape index (κ2) is 10.8. The molecule has 1 N–H and O–H groups in total. The fourth-order valence-electron chi connectivity index (χ4n) is 2.55. The van der Waals surface area contributed by atoms with Crippen LogP contribution >= 0.6 is 23.2 Å². The number of azo groups is 1. The third-order valence-electron chi connectivity index (χ3n) is 4.11. The Balaban J connectivity index is 2.39. The molecule has 9 nitrogen and oxygen atoms in total. The lowest BCUT2D eigenvalue weighted by atomic mass is 10.2. The lowest BCUT2D eigenvalue weighted by Crippen LogP contribution is -2.32. The van der Waals surface area contributed by atoms with Crippen LogP contribution in [0.15, 0.2) is 34.5 Å². The van der Waals surface area contributed by atoms with Crippen molar-refractivity contribution < 1.29 is 28.5 Å². The second-order valence-electron chi connectivity index (χ2n) is 6.04. The summed E-state index contributed by atoms with van der Waals surface area (Å²) in [5.41, 5.74) is 0.296. The maximum absolute atomic E-state index is 12.8. The molecule has 31 heavy (non-hydrogen) atoms. The molecule has 0 aliphatic carbocycles. The highest BCUT2D eigenvalue weighted by atomic mass is 35.5. The first-order valence-electron chi connectivity index (χ1n) is 8.81. The molecule has 2 rings (SSSR count). The molecule has 0 radical (unpaired) electrons. The molecule has 1 unspecified atom stereocenters. The van der Waals surface area contributed by atoms with Gasteiger partial charge in [-0.05, 0) is 19.1 Å². The summed E-state index contributed by atoms with van der Waals surface area (Å²) in [4.78, 5) is 24.9. The minimum Gasteiger partial charge on any atom is -0.497 e. The van der Waals surface area contributed by atoms with Crippen LogP contribution in [0.2, 0.25) is 10.0 Å². The van der Waals surface area contributed by atoms with Crippen LogP contribution in [0.25, 0.3) is 0 Å². The number of methoxy groups -OCH3 is 4. The van der Waals surface area contributed by atoms with Crippen LogP contribution in [0, 0.1) is 0 Å². The van der Waals surface area contributed by atoms with Gasteiger partial charge in [0.15, 0.2) is 17.3 Å². The lowest BCUT2D eigenvalue weighted by Gasteiger charge is -2.16. The minimum absolute atomic E-state index is 0.135. The Morgan fingerprint density at radius 3 is 2.19 bits per heavy atom.